The van der Waals surface area contributed by atoms with E-state index in [9.17, 15) is 18.3 Å². The van der Waals surface area contributed by atoms with E-state index in [0.717, 1.165) is 6.42 Å². The molecule has 6 heteroatoms. The van der Waals surface area contributed by atoms with E-state index in [0.29, 0.717) is 12.0 Å². The van der Waals surface area contributed by atoms with Crippen LogP contribution in [0.15, 0.2) is 53.4 Å². The Labute approximate surface area is 129 Å². The van der Waals surface area contributed by atoms with Crippen LogP contribution >= 0.6 is 0 Å². The molecule has 5 nitrogen and oxygen atoms in total. The van der Waals surface area contributed by atoms with Crippen LogP contribution in [0.5, 0.6) is 5.75 Å². The van der Waals surface area contributed by atoms with E-state index < -0.39 is 10.0 Å². The predicted molar refractivity (Wildman–Crippen MR) is 84.6 cm³/mol. The summed E-state index contributed by atoms with van der Waals surface area (Å²) in [7, 11) is -3.81. The fraction of sp³-hybridized carbons (Fsp3) is 0.188. The second-order valence-electron chi connectivity index (χ2n) is 4.82. The molecule has 0 aliphatic carbocycles. The molecule has 0 unspecified atom stereocenters. The van der Waals surface area contributed by atoms with Crippen molar-refractivity contribution in [1.29, 1.82) is 0 Å². The smallest absolute Gasteiger partial charge is 0.262 e. The van der Waals surface area contributed by atoms with E-state index in [4.69, 9.17) is 0 Å². The van der Waals surface area contributed by atoms with Crippen molar-refractivity contribution in [1.82, 2.24) is 0 Å². The largest absolute Gasteiger partial charge is 0.506 e. The zero-order chi connectivity index (χ0) is 16.2. The van der Waals surface area contributed by atoms with Crippen molar-refractivity contribution < 1.29 is 18.3 Å². The lowest BCUT2D eigenvalue weighted by Gasteiger charge is -2.09. The third-order valence-electron chi connectivity index (χ3n) is 3.11. The molecule has 0 saturated heterocycles. The summed E-state index contributed by atoms with van der Waals surface area (Å²) in [5.74, 6) is -0.166. The highest BCUT2D eigenvalue weighted by molar-refractivity contribution is 7.92. The Bertz CT molecular complexity index is 767. The van der Waals surface area contributed by atoms with E-state index in [2.05, 4.69) is 4.72 Å². The molecule has 0 heterocycles. The third-order valence-corrected chi connectivity index (χ3v) is 4.49. The number of rotatable bonds is 6. The monoisotopic (exact) mass is 319 g/mol. The number of phenolic OH excluding ortho intramolecular Hbond substituents is 1. The van der Waals surface area contributed by atoms with Gasteiger partial charge in [0.25, 0.3) is 10.0 Å². The lowest BCUT2D eigenvalue weighted by atomic mass is 10.1. The van der Waals surface area contributed by atoms with E-state index >= 15 is 0 Å². The normalized spacial score (nSPS) is 11.1. The minimum absolute atomic E-state index is 0.0138. The minimum Gasteiger partial charge on any atom is -0.506 e. The van der Waals surface area contributed by atoms with Crippen molar-refractivity contribution >= 4 is 21.5 Å². The Morgan fingerprint density at radius 3 is 2.32 bits per heavy atom. The number of hydrogen-bond donors (Lipinski definition) is 2. The van der Waals surface area contributed by atoms with Crippen molar-refractivity contribution in [2.24, 2.45) is 0 Å². The Kier molecular flexibility index (Phi) is 4.82. The van der Waals surface area contributed by atoms with Crippen LogP contribution in [0, 0.1) is 0 Å². The van der Waals surface area contributed by atoms with E-state index in [-0.39, 0.29) is 22.1 Å². The summed E-state index contributed by atoms with van der Waals surface area (Å²) < 4.78 is 26.8. The number of aromatic hydroxyl groups is 1. The first kappa shape index (κ1) is 16.0. The summed E-state index contributed by atoms with van der Waals surface area (Å²) in [6, 6.07) is 11.8. The first-order valence-corrected chi connectivity index (χ1v) is 8.36. The SMILES string of the molecule is CCCC(=O)c1ccc(S(=O)(=O)Nc2ccccc2O)cc1. The topological polar surface area (TPSA) is 83.5 Å². The molecular weight excluding hydrogens is 302 g/mol. The number of Topliss-reactive ketones (excluding diaryl/α,β-unsaturated/α-hetero) is 1. The number of benzene rings is 2. The predicted octanol–water partition coefficient (Wildman–Crippen LogP) is 3.18. The van der Waals surface area contributed by atoms with Gasteiger partial charge in [-0.05, 0) is 30.7 Å². The van der Waals surface area contributed by atoms with Gasteiger partial charge in [0.05, 0.1) is 10.6 Å². The van der Waals surface area contributed by atoms with Crippen molar-refractivity contribution in [2.75, 3.05) is 4.72 Å². The Morgan fingerprint density at radius 2 is 1.73 bits per heavy atom. The van der Waals surface area contributed by atoms with Gasteiger partial charge in [-0.15, -0.1) is 0 Å². The highest BCUT2D eigenvalue weighted by Crippen LogP contribution is 2.25. The van der Waals surface area contributed by atoms with Gasteiger partial charge in [0, 0.05) is 12.0 Å². The number of anilines is 1. The van der Waals surface area contributed by atoms with E-state index in [1.807, 2.05) is 6.92 Å². The molecule has 0 spiro atoms. The maximum atomic E-state index is 12.3. The molecule has 2 aromatic carbocycles. The van der Waals surface area contributed by atoms with Crippen molar-refractivity contribution in [3.05, 3.63) is 54.1 Å². The molecule has 116 valence electrons. The van der Waals surface area contributed by atoms with Crippen LogP contribution in [-0.4, -0.2) is 19.3 Å². The summed E-state index contributed by atoms with van der Waals surface area (Å²) >= 11 is 0. The second kappa shape index (κ2) is 6.62. The Morgan fingerprint density at radius 1 is 1.09 bits per heavy atom. The van der Waals surface area contributed by atoms with Crippen molar-refractivity contribution in [2.45, 2.75) is 24.7 Å². The first-order valence-electron chi connectivity index (χ1n) is 6.88. The third kappa shape index (κ3) is 3.65. The van der Waals surface area contributed by atoms with Gasteiger partial charge in [-0.3, -0.25) is 9.52 Å². The van der Waals surface area contributed by atoms with Crippen LogP contribution < -0.4 is 4.72 Å². The van der Waals surface area contributed by atoms with Gasteiger partial charge in [0.15, 0.2) is 5.78 Å². The van der Waals surface area contributed by atoms with E-state index in [1.54, 1.807) is 12.1 Å². The molecule has 0 atom stereocenters. The fourth-order valence-electron chi connectivity index (χ4n) is 1.96. The number of carbonyl (C=O) groups is 1. The van der Waals surface area contributed by atoms with Gasteiger partial charge < -0.3 is 5.11 Å². The molecule has 0 aromatic heterocycles. The molecule has 0 radical (unpaired) electrons. The van der Waals surface area contributed by atoms with Crippen LogP contribution in [0.3, 0.4) is 0 Å². The number of ketones is 1. The first-order chi connectivity index (χ1) is 10.4. The zero-order valence-corrected chi connectivity index (χ0v) is 12.9. The number of hydrogen-bond acceptors (Lipinski definition) is 4. The number of carbonyl (C=O) groups excluding carboxylic acids is 1. The van der Waals surface area contributed by atoms with Gasteiger partial charge in [-0.2, -0.15) is 0 Å². The zero-order valence-electron chi connectivity index (χ0n) is 12.1. The van der Waals surface area contributed by atoms with Crippen molar-refractivity contribution in [3.8, 4) is 5.75 Å². The molecule has 0 bridgehead atoms. The highest BCUT2D eigenvalue weighted by Gasteiger charge is 2.16. The van der Waals surface area contributed by atoms with E-state index in [1.165, 1.54) is 36.4 Å². The Hall–Kier alpha value is -2.34. The molecule has 22 heavy (non-hydrogen) atoms. The quantitative estimate of drug-likeness (QED) is 0.633. The summed E-state index contributed by atoms with van der Waals surface area (Å²) in [6.07, 6.45) is 1.18. The number of nitrogens with one attached hydrogen (secondary N) is 1. The average molecular weight is 319 g/mol. The number of phenols is 1. The maximum Gasteiger partial charge on any atom is 0.262 e. The summed E-state index contributed by atoms with van der Waals surface area (Å²) in [6.45, 7) is 1.91. The molecule has 0 aliphatic heterocycles. The molecular formula is C16H17NO4S. The molecule has 2 rings (SSSR count). The van der Waals surface area contributed by atoms with Crippen LogP contribution in [0.2, 0.25) is 0 Å². The van der Waals surface area contributed by atoms with Gasteiger partial charge >= 0.3 is 0 Å². The van der Waals surface area contributed by atoms with Crippen LogP contribution in [0.4, 0.5) is 5.69 Å². The Balaban J connectivity index is 2.23. The van der Waals surface area contributed by atoms with Crippen LogP contribution in [-0.2, 0) is 10.0 Å². The maximum absolute atomic E-state index is 12.3. The molecule has 0 saturated carbocycles. The molecule has 0 aliphatic rings. The van der Waals surface area contributed by atoms with Gasteiger partial charge in [0.2, 0.25) is 0 Å². The standard InChI is InChI=1S/C16H17NO4S/c1-2-5-15(18)12-8-10-13(11-9-12)22(20,21)17-14-6-3-4-7-16(14)19/h3-4,6-11,17,19H,2,5H2,1H3. The lowest BCUT2D eigenvalue weighted by molar-refractivity contribution is 0.0981. The van der Waals surface area contributed by atoms with Crippen molar-refractivity contribution in [3.63, 3.8) is 0 Å². The minimum atomic E-state index is -3.81. The molecule has 0 amide bonds. The van der Waals surface area contributed by atoms with Crippen LogP contribution in [0.1, 0.15) is 30.1 Å². The van der Waals surface area contributed by atoms with Gasteiger partial charge in [-0.25, -0.2) is 8.42 Å². The highest BCUT2D eigenvalue weighted by atomic mass is 32.2. The number of sulfonamides is 1. The summed E-state index contributed by atoms with van der Waals surface area (Å²) in [4.78, 5) is 11.8. The van der Waals surface area contributed by atoms with Gasteiger partial charge in [0.1, 0.15) is 5.75 Å². The van der Waals surface area contributed by atoms with Gasteiger partial charge in [-0.1, -0.05) is 31.2 Å². The average Bonchev–Trinajstić information content (AvgIpc) is 2.50. The second-order valence-corrected chi connectivity index (χ2v) is 6.50. The summed E-state index contributed by atoms with van der Waals surface area (Å²) in [5, 5.41) is 9.63. The summed E-state index contributed by atoms with van der Waals surface area (Å²) in [5.41, 5.74) is 0.594. The molecule has 0 fully saturated rings. The molecule has 2 aromatic rings. The number of para-hydroxylation sites is 2. The lowest BCUT2D eigenvalue weighted by Crippen LogP contribution is -2.13. The van der Waals surface area contributed by atoms with Crippen LogP contribution in [0.25, 0.3) is 0 Å². The fourth-order valence-corrected chi connectivity index (χ4v) is 3.03. The molecule has 2 N–H and O–H groups in total.